The topological polar surface area (TPSA) is 64.3 Å². The number of amides is 2. The fourth-order valence-corrected chi connectivity index (χ4v) is 3.67. The molecule has 130 valence electrons. The quantitative estimate of drug-likeness (QED) is 0.846. The van der Waals surface area contributed by atoms with Crippen molar-refractivity contribution < 1.29 is 4.79 Å². The molecule has 2 heterocycles. The van der Waals surface area contributed by atoms with E-state index >= 15 is 0 Å². The summed E-state index contributed by atoms with van der Waals surface area (Å²) in [6.07, 6.45) is 2.06. The zero-order chi connectivity index (χ0) is 17.0. The first kappa shape index (κ1) is 17.8. The van der Waals surface area contributed by atoms with E-state index in [0.717, 1.165) is 43.9 Å². The molecule has 1 aliphatic heterocycles. The number of H-pyrrole nitrogens is 1. The largest absolute Gasteiger partial charge is 0.336 e. The Morgan fingerprint density at radius 2 is 2.13 bits per heavy atom. The van der Waals surface area contributed by atoms with Crippen LogP contribution in [0.1, 0.15) is 56.6 Å². The molecule has 1 aliphatic rings. The third kappa shape index (κ3) is 3.86. The van der Waals surface area contributed by atoms with E-state index in [4.69, 9.17) is 0 Å². The molecule has 1 aromatic rings. The second-order valence-corrected chi connectivity index (χ2v) is 6.46. The first-order chi connectivity index (χ1) is 11.0. The van der Waals surface area contributed by atoms with Gasteiger partial charge in [0.1, 0.15) is 0 Å². The predicted molar refractivity (Wildman–Crippen MR) is 92.5 cm³/mol. The third-order valence-electron chi connectivity index (χ3n) is 5.02. The lowest BCUT2D eigenvalue weighted by Crippen LogP contribution is -2.46. The third-order valence-corrected chi connectivity index (χ3v) is 5.02. The Morgan fingerprint density at radius 1 is 1.43 bits per heavy atom. The fraction of sp³-hybridized carbons (Fsp3) is 0.765. The van der Waals surface area contributed by atoms with Gasteiger partial charge in [0.05, 0.1) is 11.7 Å². The maximum Gasteiger partial charge on any atom is 0.317 e. The Bertz CT molecular complexity index is 504. The van der Waals surface area contributed by atoms with E-state index in [1.807, 2.05) is 18.7 Å². The normalized spacial score (nSPS) is 19.4. The molecule has 1 aromatic heterocycles. The smallest absolute Gasteiger partial charge is 0.317 e. The summed E-state index contributed by atoms with van der Waals surface area (Å²) in [4.78, 5) is 17.0. The van der Waals surface area contributed by atoms with Gasteiger partial charge in [-0.3, -0.25) is 10.00 Å². The SMILES string of the molecule is CCN(CC)C(C)CNC(=O)N1CCCC1c1c(C)n[nH]c1C. The van der Waals surface area contributed by atoms with Gasteiger partial charge in [-0.05, 0) is 46.7 Å². The van der Waals surface area contributed by atoms with Gasteiger partial charge in [0.2, 0.25) is 0 Å². The molecule has 0 radical (unpaired) electrons. The molecule has 6 nitrogen and oxygen atoms in total. The van der Waals surface area contributed by atoms with E-state index in [1.165, 1.54) is 5.56 Å². The summed E-state index contributed by atoms with van der Waals surface area (Å²) in [5, 5.41) is 10.4. The van der Waals surface area contributed by atoms with Crippen molar-refractivity contribution in [1.29, 1.82) is 0 Å². The van der Waals surface area contributed by atoms with E-state index in [2.05, 4.69) is 41.2 Å². The van der Waals surface area contributed by atoms with Gasteiger partial charge in [0.25, 0.3) is 0 Å². The molecule has 2 amide bonds. The lowest BCUT2D eigenvalue weighted by molar-refractivity contribution is 0.182. The number of hydrogen-bond acceptors (Lipinski definition) is 3. The molecule has 2 atom stereocenters. The van der Waals surface area contributed by atoms with Crippen LogP contribution in [0.15, 0.2) is 0 Å². The number of hydrogen-bond donors (Lipinski definition) is 2. The van der Waals surface area contributed by atoms with Crippen molar-refractivity contribution in [2.45, 2.75) is 59.5 Å². The predicted octanol–water partition coefficient (Wildman–Crippen LogP) is 2.60. The average Bonchev–Trinajstić information content (AvgIpc) is 3.12. The Labute approximate surface area is 139 Å². The van der Waals surface area contributed by atoms with Crippen LogP contribution in [0.3, 0.4) is 0 Å². The van der Waals surface area contributed by atoms with Crippen LogP contribution in [0.5, 0.6) is 0 Å². The first-order valence-corrected chi connectivity index (χ1v) is 8.79. The van der Waals surface area contributed by atoms with Crippen LogP contribution >= 0.6 is 0 Å². The molecular weight excluding hydrogens is 290 g/mol. The standard InChI is InChI=1S/C17H31N5O/c1-6-21(7-2)12(3)11-18-17(23)22-10-8-9-15(22)16-13(4)19-20-14(16)5/h12,15H,6-11H2,1-5H3,(H,18,23)(H,19,20). The van der Waals surface area contributed by atoms with Crippen molar-refractivity contribution >= 4 is 6.03 Å². The zero-order valence-electron chi connectivity index (χ0n) is 15.1. The molecule has 0 bridgehead atoms. The van der Waals surface area contributed by atoms with Crippen LogP contribution < -0.4 is 5.32 Å². The van der Waals surface area contributed by atoms with Gasteiger partial charge in [-0.25, -0.2) is 4.79 Å². The second-order valence-electron chi connectivity index (χ2n) is 6.46. The minimum absolute atomic E-state index is 0.0477. The van der Waals surface area contributed by atoms with E-state index in [0.29, 0.717) is 12.6 Å². The maximum absolute atomic E-state index is 12.6. The van der Waals surface area contributed by atoms with E-state index in [-0.39, 0.29) is 12.1 Å². The lowest BCUT2D eigenvalue weighted by atomic mass is 10.0. The summed E-state index contributed by atoms with van der Waals surface area (Å²) >= 11 is 0. The average molecular weight is 321 g/mol. The summed E-state index contributed by atoms with van der Waals surface area (Å²) in [5.41, 5.74) is 3.27. The van der Waals surface area contributed by atoms with Crippen LogP contribution in [-0.2, 0) is 0 Å². The van der Waals surface area contributed by atoms with Gasteiger partial charge in [-0.2, -0.15) is 5.10 Å². The minimum atomic E-state index is 0.0477. The van der Waals surface area contributed by atoms with Gasteiger partial charge in [0.15, 0.2) is 0 Å². The number of likely N-dealkylation sites (N-methyl/N-ethyl adjacent to an activating group) is 1. The number of nitrogens with one attached hydrogen (secondary N) is 2. The number of aryl methyl sites for hydroxylation is 2. The van der Waals surface area contributed by atoms with Crippen LogP contribution in [0.2, 0.25) is 0 Å². The van der Waals surface area contributed by atoms with Crippen molar-refractivity contribution in [2.75, 3.05) is 26.2 Å². The van der Waals surface area contributed by atoms with Crippen LogP contribution in [0.4, 0.5) is 4.79 Å². The van der Waals surface area contributed by atoms with Crippen LogP contribution in [0.25, 0.3) is 0 Å². The molecular formula is C17H31N5O. The highest BCUT2D eigenvalue weighted by Gasteiger charge is 2.33. The molecule has 2 unspecified atom stereocenters. The summed E-state index contributed by atoms with van der Waals surface area (Å²) in [7, 11) is 0. The van der Waals surface area contributed by atoms with Gasteiger partial charge in [-0.1, -0.05) is 13.8 Å². The Hall–Kier alpha value is -1.56. The molecule has 1 saturated heterocycles. The zero-order valence-corrected chi connectivity index (χ0v) is 15.1. The lowest BCUT2D eigenvalue weighted by Gasteiger charge is -2.29. The van der Waals surface area contributed by atoms with Gasteiger partial charge in [0, 0.05) is 30.4 Å². The number of carbonyl (C=O) groups excluding carboxylic acids is 1. The maximum atomic E-state index is 12.6. The number of aromatic amines is 1. The molecule has 23 heavy (non-hydrogen) atoms. The number of nitrogens with zero attached hydrogens (tertiary/aromatic N) is 3. The van der Waals surface area contributed by atoms with Gasteiger partial charge in [-0.15, -0.1) is 0 Å². The molecule has 2 N–H and O–H groups in total. The molecule has 2 rings (SSSR count). The van der Waals surface area contributed by atoms with Crippen molar-refractivity contribution in [3.63, 3.8) is 0 Å². The molecule has 1 fully saturated rings. The van der Waals surface area contributed by atoms with Crippen molar-refractivity contribution in [3.05, 3.63) is 17.0 Å². The number of likely N-dealkylation sites (tertiary alicyclic amines) is 1. The van der Waals surface area contributed by atoms with Crippen molar-refractivity contribution in [2.24, 2.45) is 0 Å². The van der Waals surface area contributed by atoms with Gasteiger partial charge >= 0.3 is 6.03 Å². The summed E-state index contributed by atoms with van der Waals surface area (Å²) in [5.74, 6) is 0. The highest BCUT2D eigenvalue weighted by molar-refractivity contribution is 5.75. The molecule has 0 spiro atoms. The molecule has 0 aromatic carbocycles. The summed E-state index contributed by atoms with van der Waals surface area (Å²) in [6.45, 7) is 14.0. The van der Waals surface area contributed by atoms with Crippen molar-refractivity contribution in [1.82, 2.24) is 25.3 Å². The first-order valence-electron chi connectivity index (χ1n) is 8.79. The Balaban J connectivity index is 1.99. The van der Waals surface area contributed by atoms with E-state index in [9.17, 15) is 4.79 Å². The highest BCUT2D eigenvalue weighted by Crippen LogP contribution is 2.34. The van der Waals surface area contributed by atoms with Crippen molar-refractivity contribution in [3.8, 4) is 0 Å². The minimum Gasteiger partial charge on any atom is -0.336 e. The van der Waals surface area contributed by atoms with Gasteiger partial charge < -0.3 is 10.2 Å². The summed E-state index contributed by atoms with van der Waals surface area (Å²) in [6, 6.07) is 0.552. The summed E-state index contributed by atoms with van der Waals surface area (Å²) < 4.78 is 0. The van der Waals surface area contributed by atoms with E-state index in [1.54, 1.807) is 0 Å². The number of carbonyl (C=O) groups is 1. The highest BCUT2D eigenvalue weighted by atomic mass is 16.2. The second kappa shape index (κ2) is 7.81. The Morgan fingerprint density at radius 3 is 2.70 bits per heavy atom. The number of urea groups is 1. The van der Waals surface area contributed by atoms with Crippen LogP contribution in [0, 0.1) is 13.8 Å². The van der Waals surface area contributed by atoms with E-state index < -0.39 is 0 Å². The fourth-order valence-electron chi connectivity index (χ4n) is 3.67. The molecule has 6 heteroatoms. The molecule has 0 saturated carbocycles. The van der Waals surface area contributed by atoms with Crippen LogP contribution in [-0.4, -0.2) is 58.2 Å². The Kier molecular flexibility index (Phi) is 6.04. The number of rotatable bonds is 6. The monoisotopic (exact) mass is 321 g/mol. The number of aromatic nitrogens is 2. The molecule has 0 aliphatic carbocycles.